The average molecular weight is 411 g/mol. The Kier molecular flexibility index (Phi) is 5.86. The molecule has 0 radical (unpaired) electrons. The number of benzene rings is 2. The third-order valence-corrected chi connectivity index (χ3v) is 5.49. The molecule has 1 heterocycles. The molecule has 29 heavy (non-hydrogen) atoms. The summed E-state index contributed by atoms with van der Waals surface area (Å²) in [5, 5.41) is 3.65. The Labute approximate surface area is 175 Å². The summed E-state index contributed by atoms with van der Waals surface area (Å²) in [6, 6.07) is 14.6. The molecule has 0 spiro atoms. The smallest absolute Gasteiger partial charge is 0.294 e. The second-order valence-corrected chi connectivity index (χ2v) is 7.86. The van der Waals surface area contributed by atoms with Crippen LogP contribution in [0, 0.1) is 0 Å². The number of anilines is 1. The van der Waals surface area contributed by atoms with E-state index >= 15 is 0 Å². The Balaban J connectivity index is 1.58. The molecule has 5 nitrogen and oxygen atoms in total. The Morgan fingerprint density at radius 3 is 2.72 bits per heavy atom. The van der Waals surface area contributed by atoms with E-state index in [1.165, 1.54) is 11.3 Å². The van der Waals surface area contributed by atoms with Crippen LogP contribution in [-0.2, 0) is 9.59 Å². The van der Waals surface area contributed by atoms with E-state index in [0.717, 1.165) is 31.2 Å². The predicted molar refractivity (Wildman–Crippen MR) is 114 cm³/mol. The maximum absolute atomic E-state index is 13.1. The minimum atomic E-state index is -0.345. The van der Waals surface area contributed by atoms with Crippen LogP contribution in [0.5, 0.6) is 5.75 Å². The fourth-order valence-corrected chi connectivity index (χ4v) is 4.03. The Bertz CT molecular complexity index is 951. The molecular weight excluding hydrogens is 388 g/mol. The molecule has 2 aromatic rings. The Morgan fingerprint density at radius 1 is 1.14 bits per heavy atom. The van der Waals surface area contributed by atoms with Gasteiger partial charge in [0.1, 0.15) is 6.54 Å². The number of amides is 2. The van der Waals surface area contributed by atoms with E-state index in [9.17, 15) is 9.59 Å². The molecule has 150 valence electrons. The highest BCUT2D eigenvalue weighted by molar-refractivity contribution is 6.30. The summed E-state index contributed by atoms with van der Waals surface area (Å²) in [6.07, 6.45) is 7.14. The minimum absolute atomic E-state index is 0.0391. The number of rotatable bonds is 4. The summed E-state index contributed by atoms with van der Waals surface area (Å²) in [6.45, 7) is -0.0391. The number of hydrogen-bond donors (Lipinski definition) is 1. The van der Waals surface area contributed by atoms with Crippen LogP contribution in [0.4, 0.5) is 5.69 Å². The first-order valence-electron chi connectivity index (χ1n) is 9.95. The van der Waals surface area contributed by atoms with Crippen molar-refractivity contribution < 1.29 is 14.3 Å². The highest BCUT2D eigenvalue weighted by Crippen LogP contribution is 2.35. The Morgan fingerprint density at radius 2 is 1.93 bits per heavy atom. The van der Waals surface area contributed by atoms with E-state index in [-0.39, 0.29) is 30.2 Å². The van der Waals surface area contributed by atoms with Gasteiger partial charge in [0.05, 0.1) is 5.69 Å². The summed E-state index contributed by atoms with van der Waals surface area (Å²) in [7, 11) is 0. The number of ether oxygens (including phenoxy) is 1. The molecule has 6 heteroatoms. The first-order chi connectivity index (χ1) is 14.1. The number of carbonyl (C=O) groups excluding carboxylic acids is 2. The van der Waals surface area contributed by atoms with Crippen molar-refractivity contribution in [2.24, 2.45) is 0 Å². The summed E-state index contributed by atoms with van der Waals surface area (Å²) < 4.78 is 5.84. The van der Waals surface area contributed by atoms with Gasteiger partial charge in [-0.2, -0.15) is 0 Å². The molecule has 1 aliphatic carbocycles. The number of fused-ring (bicyclic) bond motifs is 1. The van der Waals surface area contributed by atoms with Crippen molar-refractivity contribution in [3.05, 3.63) is 64.9 Å². The van der Waals surface area contributed by atoms with Crippen molar-refractivity contribution in [1.82, 2.24) is 5.32 Å². The van der Waals surface area contributed by atoms with Gasteiger partial charge in [-0.15, -0.1) is 0 Å². The van der Waals surface area contributed by atoms with Crippen molar-refractivity contribution >= 4 is 35.2 Å². The van der Waals surface area contributed by atoms with Crippen molar-refractivity contribution in [2.75, 3.05) is 11.4 Å². The van der Waals surface area contributed by atoms with E-state index in [1.807, 2.05) is 24.3 Å². The number of hydrogen-bond acceptors (Lipinski definition) is 3. The third kappa shape index (κ3) is 4.62. The van der Waals surface area contributed by atoms with Crippen LogP contribution in [0.2, 0.25) is 5.02 Å². The van der Waals surface area contributed by atoms with E-state index in [4.69, 9.17) is 16.3 Å². The van der Waals surface area contributed by atoms with Gasteiger partial charge in [-0.1, -0.05) is 55.1 Å². The lowest BCUT2D eigenvalue weighted by Crippen LogP contribution is -2.47. The minimum Gasteiger partial charge on any atom is -0.449 e. The summed E-state index contributed by atoms with van der Waals surface area (Å²) in [5.41, 5.74) is 1.35. The van der Waals surface area contributed by atoms with Gasteiger partial charge in [0, 0.05) is 11.1 Å². The van der Waals surface area contributed by atoms with Crippen LogP contribution in [0.3, 0.4) is 0 Å². The lowest BCUT2D eigenvalue weighted by molar-refractivity contribution is -0.124. The molecule has 1 aliphatic heterocycles. The molecule has 0 atom stereocenters. The SMILES string of the molecule is O=C(CN1C(=O)/C(=C\c2cccc(Cl)c2)Oc2ccccc21)NC1CCCCC1. The molecule has 1 N–H and O–H groups in total. The topological polar surface area (TPSA) is 58.6 Å². The van der Waals surface area contributed by atoms with Crippen LogP contribution < -0.4 is 15.0 Å². The molecule has 2 aliphatic rings. The second kappa shape index (κ2) is 8.70. The van der Waals surface area contributed by atoms with E-state index in [1.54, 1.807) is 30.3 Å². The molecule has 1 saturated carbocycles. The van der Waals surface area contributed by atoms with Gasteiger partial charge in [-0.05, 0) is 48.7 Å². The van der Waals surface area contributed by atoms with E-state index in [2.05, 4.69) is 5.32 Å². The van der Waals surface area contributed by atoms with Crippen molar-refractivity contribution in [2.45, 2.75) is 38.1 Å². The summed E-state index contributed by atoms with van der Waals surface area (Å²) in [5.74, 6) is 0.216. The Hall–Kier alpha value is -2.79. The van der Waals surface area contributed by atoms with Crippen LogP contribution in [0.15, 0.2) is 54.3 Å². The van der Waals surface area contributed by atoms with Crippen LogP contribution in [-0.4, -0.2) is 24.4 Å². The van der Waals surface area contributed by atoms with Crippen molar-refractivity contribution in [1.29, 1.82) is 0 Å². The zero-order valence-corrected chi connectivity index (χ0v) is 16.8. The average Bonchev–Trinajstić information content (AvgIpc) is 2.72. The number of carbonyl (C=O) groups is 2. The molecule has 2 amide bonds. The molecular formula is C23H23ClN2O3. The van der Waals surface area contributed by atoms with Gasteiger partial charge in [0.25, 0.3) is 5.91 Å². The molecule has 4 rings (SSSR count). The lowest BCUT2D eigenvalue weighted by atomic mass is 9.95. The lowest BCUT2D eigenvalue weighted by Gasteiger charge is -2.31. The van der Waals surface area contributed by atoms with Crippen molar-refractivity contribution in [3.8, 4) is 5.75 Å². The zero-order valence-electron chi connectivity index (χ0n) is 16.1. The van der Waals surface area contributed by atoms with Gasteiger partial charge < -0.3 is 10.1 Å². The molecule has 0 unspecified atom stereocenters. The molecule has 2 aromatic carbocycles. The molecule has 1 fully saturated rings. The fourth-order valence-electron chi connectivity index (χ4n) is 3.83. The van der Waals surface area contributed by atoms with Crippen LogP contribution in [0.1, 0.15) is 37.7 Å². The first-order valence-corrected chi connectivity index (χ1v) is 10.3. The normalized spacial score (nSPS) is 18.3. The standard InChI is InChI=1S/C23H23ClN2O3/c24-17-8-6-7-16(13-17)14-21-23(28)26(19-11-4-5-12-20(19)29-21)15-22(27)25-18-9-2-1-3-10-18/h4-8,11-14,18H,1-3,9-10,15H2,(H,25,27)/b21-14+. The summed E-state index contributed by atoms with van der Waals surface area (Å²) >= 11 is 6.05. The van der Waals surface area contributed by atoms with Gasteiger partial charge in [-0.3, -0.25) is 14.5 Å². The predicted octanol–water partition coefficient (Wildman–Crippen LogP) is 4.56. The quantitative estimate of drug-likeness (QED) is 0.752. The molecule has 0 aromatic heterocycles. The number of halogens is 1. The molecule has 0 saturated heterocycles. The van der Waals surface area contributed by atoms with Gasteiger partial charge in [0.2, 0.25) is 5.91 Å². The second-order valence-electron chi connectivity index (χ2n) is 7.43. The van der Waals surface area contributed by atoms with Gasteiger partial charge in [0.15, 0.2) is 11.5 Å². The fraction of sp³-hybridized carbons (Fsp3) is 0.304. The maximum Gasteiger partial charge on any atom is 0.294 e. The number of nitrogens with one attached hydrogen (secondary N) is 1. The van der Waals surface area contributed by atoms with Crippen LogP contribution in [0.25, 0.3) is 6.08 Å². The largest absolute Gasteiger partial charge is 0.449 e. The van der Waals surface area contributed by atoms with Gasteiger partial charge >= 0.3 is 0 Å². The maximum atomic E-state index is 13.1. The zero-order chi connectivity index (χ0) is 20.2. The van der Waals surface area contributed by atoms with Crippen molar-refractivity contribution in [3.63, 3.8) is 0 Å². The third-order valence-electron chi connectivity index (χ3n) is 5.25. The van der Waals surface area contributed by atoms with Crippen LogP contribution >= 0.6 is 11.6 Å². The van der Waals surface area contributed by atoms with E-state index in [0.29, 0.717) is 16.5 Å². The highest BCUT2D eigenvalue weighted by atomic mass is 35.5. The monoisotopic (exact) mass is 410 g/mol. The molecule has 0 bridgehead atoms. The first kappa shape index (κ1) is 19.5. The number of nitrogens with zero attached hydrogens (tertiary/aromatic N) is 1. The number of para-hydroxylation sites is 2. The highest BCUT2D eigenvalue weighted by Gasteiger charge is 2.32. The summed E-state index contributed by atoms with van der Waals surface area (Å²) in [4.78, 5) is 27.3. The van der Waals surface area contributed by atoms with Gasteiger partial charge in [-0.25, -0.2) is 0 Å². The van der Waals surface area contributed by atoms with E-state index < -0.39 is 0 Å².